The lowest BCUT2D eigenvalue weighted by Crippen LogP contribution is -2.04. The average Bonchev–Trinajstić information content (AvgIpc) is 2.56. The van der Waals surface area contributed by atoms with Crippen molar-refractivity contribution in [1.29, 1.82) is 0 Å². The maximum absolute atomic E-state index is 12.7. The summed E-state index contributed by atoms with van der Waals surface area (Å²) in [6, 6.07) is 12.9. The lowest BCUT2D eigenvalue weighted by atomic mass is 9.95. The Balaban J connectivity index is 2.18. The molecule has 0 unspecified atom stereocenters. The Kier molecular flexibility index (Phi) is 6.61. The summed E-state index contributed by atoms with van der Waals surface area (Å²) in [6.07, 6.45) is 9.13. The molecule has 2 aromatic carbocycles. The van der Waals surface area contributed by atoms with Gasteiger partial charge in [-0.3, -0.25) is 4.79 Å². The molecule has 0 aliphatic heterocycles. The van der Waals surface area contributed by atoms with Crippen molar-refractivity contribution in [2.75, 3.05) is 0 Å². The number of hydrogen-bond donors (Lipinski definition) is 0. The maximum Gasteiger partial charge on any atom is 0.193 e. The Bertz CT molecular complexity index is 683. The summed E-state index contributed by atoms with van der Waals surface area (Å²) < 4.78 is 0. The van der Waals surface area contributed by atoms with Gasteiger partial charge in [-0.1, -0.05) is 61.7 Å². The van der Waals surface area contributed by atoms with E-state index in [9.17, 15) is 4.79 Å². The molecule has 0 fully saturated rings. The molecule has 0 saturated heterocycles. The molecule has 0 aromatic heterocycles. The van der Waals surface area contributed by atoms with Crippen molar-refractivity contribution in [1.82, 2.24) is 0 Å². The lowest BCUT2D eigenvalue weighted by Gasteiger charge is -2.08. The summed E-state index contributed by atoms with van der Waals surface area (Å²) in [5, 5.41) is 0.641. The van der Waals surface area contributed by atoms with Gasteiger partial charge in [0.1, 0.15) is 0 Å². The highest BCUT2D eigenvalue weighted by Gasteiger charge is 2.12. The molecular weight excluding hydrogens is 304 g/mol. The third kappa shape index (κ3) is 4.80. The molecule has 0 bridgehead atoms. The van der Waals surface area contributed by atoms with Crippen LogP contribution in [-0.4, -0.2) is 5.78 Å². The van der Waals surface area contributed by atoms with Crippen LogP contribution in [0.3, 0.4) is 0 Å². The molecule has 0 atom stereocenters. The molecule has 0 aliphatic rings. The predicted octanol–water partition coefficient (Wildman–Crippen LogP) is 6.47. The SMILES string of the molecule is CCCCCC=Cc1cccc(C(=O)c2ccc(Cl)cc2)c1C. The summed E-state index contributed by atoms with van der Waals surface area (Å²) in [5.74, 6) is 0.0420. The third-order valence-electron chi connectivity index (χ3n) is 4.00. The molecule has 0 amide bonds. The van der Waals surface area contributed by atoms with Crippen LogP contribution >= 0.6 is 11.6 Å². The minimum absolute atomic E-state index is 0.0420. The van der Waals surface area contributed by atoms with E-state index in [1.165, 1.54) is 19.3 Å². The van der Waals surface area contributed by atoms with E-state index in [0.717, 1.165) is 23.1 Å². The number of unbranched alkanes of at least 4 members (excludes halogenated alkanes) is 3. The van der Waals surface area contributed by atoms with Crippen LogP contribution in [-0.2, 0) is 0 Å². The van der Waals surface area contributed by atoms with E-state index in [1.807, 2.05) is 19.1 Å². The smallest absolute Gasteiger partial charge is 0.193 e. The van der Waals surface area contributed by atoms with E-state index < -0.39 is 0 Å². The second-order valence-corrected chi connectivity index (χ2v) is 6.19. The highest BCUT2D eigenvalue weighted by molar-refractivity contribution is 6.30. The van der Waals surface area contributed by atoms with Gasteiger partial charge in [-0.15, -0.1) is 0 Å². The van der Waals surface area contributed by atoms with Gasteiger partial charge in [0.05, 0.1) is 0 Å². The molecule has 0 aliphatic carbocycles. The van der Waals surface area contributed by atoms with Crippen LogP contribution in [0.2, 0.25) is 5.02 Å². The van der Waals surface area contributed by atoms with Crippen LogP contribution in [0.15, 0.2) is 48.5 Å². The Morgan fingerprint density at radius 1 is 1.09 bits per heavy atom. The average molecular weight is 327 g/mol. The van der Waals surface area contributed by atoms with Crippen molar-refractivity contribution in [2.24, 2.45) is 0 Å². The fourth-order valence-electron chi connectivity index (χ4n) is 2.56. The number of carbonyl (C=O) groups is 1. The number of ketones is 1. The van der Waals surface area contributed by atoms with Gasteiger partial charge in [-0.25, -0.2) is 0 Å². The van der Waals surface area contributed by atoms with Crippen molar-refractivity contribution in [3.63, 3.8) is 0 Å². The van der Waals surface area contributed by atoms with Gasteiger partial charge in [-0.2, -0.15) is 0 Å². The monoisotopic (exact) mass is 326 g/mol. The van der Waals surface area contributed by atoms with Crippen LogP contribution < -0.4 is 0 Å². The first kappa shape index (κ1) is 17.5. The summed E-state index contributed by atoms with van der Waals surface area (Å²) >= 11 is 5.89. The van der Waals surface area contributed by atoms with Crippen molar-refractivity contribution in [3.8, 4) is 0 Å². The third-order valence-corrected chi connectivity index (χ3v) is 4.25. The number of hydrogen-bond acceptors (Lipinski definition) is 1. The van der Waals surface area contributed by atoms with Crippen LogP contribution in [0, 0.1) is 6.92 Å². The van der Waals surface area contributed by atoms with Gasteiger partial charge in [0.25, 0.3) is 0 Å². The van der Waals surface area contributed by atoms with E-state index in [0.29, 0.717) is 10.6 Å². The van der Waals surface area contributed by atoms with Crippen LogP contribution in [0.5, 0.6) is 0 Å². The molecule has 2 heteroatoms. The Labute approximate surface area is 144 Å². The summed E-state index contributed by atoms with van der Waals surface area (Å²) in [4.78, 5) is 12.7. The Hall–Kier alpha value is -1.86. The highest BCUT2D eigenvalue weighted by Crippen LogP contribution is 2.20. The molecule has 2 rings (SSSR count). The van der Waals surface area contributed by atoms with E-state index in [1.54, 1.807) is 24.3 Å². The molecule has 0 radical (unpaired) electrons. The largest absolute Gasteiger partial charge is 0.289 e. The minimum atomic E-state index is 0.0420. The molecule has 1 nitrogen and oxygen atoms in total. The number of carbonyl (C=O) groups excluding carboxylic acids is 1. The molecular formula is C21H23ClO. The zero-order valence-corrected chi connectivity index (χ0v) is 14.6. The van der Waals surface area contributed by atoms with Gasteiger partial charge in [0.2, 0.25) is 0 Å². The standard InChI is InChI=1S/C21H23ClO/c1-3-4-5-6-7-9-17-10-8-11-20(16(17)2)21(23)18-12-14-19(22)15-13-18/h7-15H,3-6H2,1-2H3. The Morgan fingerprint density at radius 3 is 2.52 bits per heavy atom. The summed E-state index contributed by atoms with van der Waals surface area (Å²) in [7, 11) is 0. The van der Waals surface area contributed by atoms with Crippen molar-refractivity contribution < 1.29 is 4.79 Å². The number of rotatable bonds is 7. The summed E-state index contributed by atoms with van der Waals surface area (Å²) in [5.41, 5.74) is 3.56. The number of benzene rings is 2. The van der Waals surface area contributed by atoms with E-state index >= 15 is 0 Å². The lowest BCUT2D eigenvalue weighted by molar-refractivity contribution is 0.103. The number of allylic oxidation sites excluding steroid dienone is 1. The van der Waals surface area contributed by atoms with Gasteiger partial charge in [0.15, 0.2) is 5.78 Å². The van der Waals surface area contributed by atoms with Crippen molar-refractivity contribution in [2.45, 2.75) is 39.5 Å². The normalized spacial score (nSPS) is 11.1. The fraction of sp³-hybridized carbons (Fsp3) is 0.286. The molecule has 23 heavy (non-hydrogen) atoms. The van der Waals surface area contributed by atoms with E-state index in [-0.39, 0.29) is 5.78 Å². The zero-order chi connectivity index (χ0) is 16.7. The van der Waals surface area contributed by atoms with Crippen LogP contribution in [0.1, 0.15) is 59.7 Å². The van der Waals surface area contributed by atoms with Gasteiger partial charge in [-0.05, 0) is 55.2 Å². The summed E-state index contributed by atoms with van der Waals surface area (Å²) in [6.45, 7) is 4.22. The van der Waals surface area contributed by atoms with Crippen molar-refractivity contribution in [3.05, 3.63) is 75.8 Å². The van der Waals surface area contributed by atoms with E-state index in [2.05, 4.69) is 25.1 Å². The predicted molar refractivity (Wildman–Crippen MR) is 99.2 cm³/mol. The van der Waals surface area contributed by atoms with Gasteiger partial charge in [0, 0.05) is 16.1 Å². The first-order chi connectivity index (χ1) is 11.1. The van der Waals surface area contributed by atoms with Gasteiger partial charge < -0.3 is 0 Å². The van der Waals surface area contributed by atoms with Crippen LogP contribution in [0.4, 0.5) is 0 Å². The first-order valence-corrected chi connectivity index (χ1v) is 8.57. The first-order valence-electron chi connectivity index (χ1n) is 8.20. The number of halogens is 1. The van der Waals surface area contributed by atoms with Crippen LogP contribution in [0.25, 0.3) is 6.08 Å². The second-order valence-electron chi connectivity index (χ2n) is 5.75. The quantitative estimate of drug-likeness (QED) is 0.420. The maximum atomic E-state index is 12.7. The molecule has 0 heterocycles. The fourth-order valence-corrected chi connectivity index (χ4v) is 2.69. The Morgan fingerprint density at radius 2 is 1.83 bits per heavy atom. The minimum Gasteiger partial charge on any atom is -0.289 e. The van der Waals surface area contributed by atoms with E-state index in [4.69, 9.17) is 11.6 Å². The molecule has 2 aromatic rings. The zero-order valence-electron chi connectivity index (χ0n) is 13.8. The highest BCUT2D eigenvalue weighted by atomic mass is 35.5. The second kappa shape index (κ2) is 8.69. The van der Waals surface area contributed by atoms with Crippen molar-refractivity contribution >= 4 is 23.5 Å². The molecule has 0 spiro atoms. The molecule has 120 valence electrons. The molecule has 0 saturated carbocycles. The molecule has 0 N–H and O–H groups in total. The topological polar surface area (TPSA) is 17.1 Å². The van der Waals surface area contributed by atoms with Gasteiger partial charge >= 0.3 is 0 Å².